The molecule has 4 aliphatic heterocycles. The summed E-state index contributed by atoms with van der Waals surface area (Å²) in [6.45, 7) is 2.41. The maximum atomic E-state index is 14.3. The SMILES string of the molecule is COc1cccc2c1C(=O)c1c(O)c3c(c(O)c1C2=O)C[C@@](O)(C(=O)COC1CCCC(COCC(=O)NCCN2C(=O)CCC2=O)O1)C[C@@H]3O[C@@H]1C[C@@H](C)[C@H]2O[C@@H]3[C@@H](OC)OCCN3[C@H]2C1. The lowest BCUT2D eigenvalue weighted by atomic mass is 9.71. The fraction of sp³-hybridized carbons (Fsp3) is 0.617. The standard InChI is InChI=1S/C47H57N3O17/c1-23-16-25(17-28-44(23)67-45-46(61-3)63-15-14-49(28)45)65-30-19-47(59,18-27-37(30)43(58)39-38(41(27)56)40(55)26-7-5-8-29(60-2)36(26)42(39)57)31(51)21-64-35-9-4-6-24(66-35)20-62-22-32(52)48-12-13-50-33(53)10-11-34(50)54/h5,7-8,23-25,28,30,35,44-46,56,58-59H,4,6,9-22H2,1-3H3,(H,48,52)/t23-,24?,25-,28+,30+,35?,44-,45-,46+,47+/m1/s1. The van der Waals surface area contributed by atoms with Crippen molar-refractivity contribution in [1.29, 1.82) is 0 Å². The average Bonchev–Trinajstić information content (AvgIpc) is 3.86. The van der Waals surface area contributed by atoms with Crippen molar-refractivity contribution in [3.63, 3.8) is 0 Å². The number of likely N-dealkylation sites (tertiary alicyclic amines) is 1. The molecule has 3 amide bonds. The Kier molecular flexibility index (Phi) is 13.5. The van der Waals surface area contributed by atoms with Crippen molar-refractivity contribution in [3.05, 3.63) is 51.6 Å². The van der Waals surface area contributed by atoms with Crippen molar-refractivity contribution in [3.8, 4) is 17.2 Å². The fourth-order valence-corrected chi connectivity index (χ4v) is 11.0. The van der Waals surface area contributed by atoms with Crippen LogP contribution in [0.2, 0.25) is 0 Å². The Bertz CT molecular complexity index is 2310. The second-order valence-corrected chi connectivity index (χ2v) is 18.4. The molecule has 0 radical (unpaired) electrons. The van der Waals surface area contributed by atoms with Gasteiger partial charge in [0.2, 0.25) is 23.5 Å². The molecule has 362 valence electrons. The summed E-state index contributed by atoms with van der Waals surface area (Å²) in [6.07, 6.45) is -2.19. The number of nitrogens with zero attached hydrogens (tertiary/aromatic N) is 2. The van der Waals surface area contributed by atoms with Gasteiger partial charge in [-0.3, -0.25) is 38.6 Å². The second kappa shape index (κ2) is 19.2. The molecule has 0 aromatic heterocycles. The van der Waals surface area contributed by atoms with Gasteiger partial charge in [-0.05, 0) is 44.1 Å². The minimum atomic E-state index is -2.24. The van der Waals surface area contributed by atoms with Crippen molar-refractivity contribution < 1.29 is 82.0 Å². The molecule has 9 rings (SSSR count). The van der Waals surface area contributed by atoms with E-state index in [1.54, 1.807) is 7.11 Å². The average molecular weight is 936 g/mol. The normalized spacial score (nSPS) is 31.5. The highest BCUT2D eigenvalue weighted by atomic mass is 16.7. The largest absolute Gasteiger partial charge is 0.507 e. The minimum Gasteiger partial charge on any atom is -0.507 e. The monoisotopic (exact) mass is 935 g/mol. The van der Waals surface area contributed by atoms with E-state index < -0.39 is 102 Å². The van der Waals surface area contributed by atoms with E-state index >= 15 is 0 Å². The third kappa shape index (κ3) is 8.87. The van der Waals surface area contributed by atoms with Crippen molar-refractivity contribution in [2.24, 2.45) is 5.92 Å². The minimum absolute atomic E-state index is 0.000725. The maximum Gasteiger partial charge on any atom is 0.246 e. The number of hydrogen-bond donors (Lipinski definition) is 4. The number of carbonyl (C=O) groups is 6. The number of aliphatic hydroxyl groups is 1. The van der Waals surface area contributed by atoms with Crippen LogP contribution >= 0.6 is 0 Å². The lowest BCUT2D eigenvalue weighted by Gasteiger charge is -2.43. The Hall–Kier alpha value is -4.90. The zero-order chi connectivity index (χ0) is 47.3. The summed E-state index contributed by atoms with van der Waals surface area (Å²) in [5.74, 6) is -4.36. The van der Waals surface area contributed by atoms with E-state index in [-0.39, 0.29) is 103 Å². The predicted octanol–water partition coefficient (Wildman–Crippen LogP) is 1.58. The van der Waals surface area contributed by atoms with Crippen molar-refractivity contribution >= 4 is 35.1 Å². The Morgan fingerprint density at radius 1 is 0.955 bits per heavy atom. The number of hydrogen-bond acceptors (Lipinski definition) is 18. The molecular formula is C47H57N3O17. The number of morpholine rings is 1. The van der Waals surface area contributed by atoms with Crippen LogP contribution in [0.25, 0.3) is 0 Å². The maximum absolute atomic E-state index is 14.3. The second-order valence-electron chi connectivity index (χ2n) is 18.4. The smallest absolute Gasteiger partial charge is 0.246 e. The van der Waals surface area contributed by atoms with Crippen molar-refractivity contribution in [2.75, 3.05) is 60.3 Å². The molecule has 20 heteroatoms. The number of imide groups is 1. The Morgan fingerprint density at radius 3 is 2.49 bits per heavy atom. The Morgan fingerprint density at radius 2 is 1.73 bits per heavy atom. The molecule has 67 heavy (non-hydrogen) atoms. The first kappa shape index (κ1) is 47.2. The molecule has 2 unspecified atom stereocenters. The number of phenols is 2. The molecule has 5 fully saturated rings. The molecule has 2 aromatic carbocycles. The van der Waals surface area contributed by atoms with Crippen LogP contribution in [0.4, 0.5) is 0 Å². The number of ether oxygens (including phenoxy) is 8. The fourth-order valence-electron chi connectivity index (χ4n) is 11.0. The van der Waals surface area contributed by atoms with Crippen LogP contribution in [0.1, 0.15) is 107 Å². The number of phenolic OH excluding ortho intramolecular Hbond substituents is 2. The molecule has 7 aliphatic rings. The first-order valence-corrected chi connectivity index (χ1v) is 23.0. The number of ketones is 3. The third-order valence-electron chi connectivity index (χ3n) is 14.2. The van der Waals surface area contributed by atoms with Gasteiger partial charge in [0.05, 0.1) is 61.4 Å². The lowest BCUT2D eigenvalue weighted by molar-refractivity contribution is -0.245. The summed E-state index contributed by atoms with van der Waals surface area (Å²) in [5.41, 5.74) is -3.32. The van der Waals surface area contributed by atoms with Gasteiger partial charge in [-0.15, -0.1) is 0 Å². The lowest BCUT2D eigenvalue weighted by Crippen LogP contribution is -2.54. The van der Waals surface area contributed by atoms with E-state index in [9.17, 15) is 44.1 Å². The number of aromatic hydroxyl groups is 2. The number of rotatable bonds is 15. The molecule has 1 saturated carbocycles. The molecule has 3 aliphatic carbocycles. The van der Waals surface area contributed by atoms with Crippen LogP contribution in [0, 0.1) is 5.92 Å². The van der Waals surface area contributed by atoms with E-state index in [1.807, 2.05) is 6.92 Å². The number of Topliss-reactive ketones (excluding diaryl/α,β-unsaturated/α-hetero) is 1. The summed E-state index contributed by atoms with van der Waals surface area (Å²) in [6, 6.07) is 4.37. The summed E-state index contributed by atoms with van der Waals surface area (Å²) in [5, 5.41) is 39.2. The van der Waals surface area contributed by atoms with Crippen LogP contribution in [0.15, 0.2) is 18.2 Å². The molecule has 4 heterocycles. The van der Waals surface area contributed by atoms with Gasteiger partial charge in [0.15, 0.2) is 30.4 Å². The Labute approximate surface area is 386 Å². The number of fused-ring (bicyclic) bond motifs is 6. The number of methoxy groups -OCH3 is 2. The molecule has 0 bridgehead atoms. The molecule has 4 N–H and O–H groups in total. The van der Waals surface area contributed by atoms with Crippen LogP contribution in [-0.2, 0) is 58.8 Å². The number of amides is 3. The zero-order valence-electron chi connectivity index (χ0n) is 37.7. The van der Waals surface area contributed by atoms with E-state index in [0.717, 1.165) is 4.90 Å². The quantitative estimate of drug-likeness (QED) is 0.125. The van der Waals surface area contributed by atoms with Gasteiger partial charge in [-0.2, -0.15) is 0 Å². The predicted molar refractivity (Wildman–Crippen MR) is 228 cm³/mol. The van der Waals surface area contributed by atoms with Crippen LogP contribution < -0.4 is 10.1 Å². The summed E-state index contributed by atoms with van der Waals surface area (Å²) >= 11 is 0. The van der Waals surface area contributed by atoms with Crippen molar-refractivity contribution in [2.45, 2.75) is 120 Å². The van der Waals surface area contributed by atoms with E-state index in [2.05, 4.69) is 10.2 Å². The highest BCUT2D eigenvalue weighted by Crippen LogP contribution is 2.53. The van der Waals surface area contributed by atoms with Crippen LogP contribution in [0.3, 0.4) is 0 Å². The molecule has 0 spiro atoms. The summed E-state index contributed by atoms with van der Waals surface area (Å²) in [4.78, 5) is 82.0. The van der Waals surface area contributed by atoms with Gasteiger partial charge in [0, 0.05) is 75.2 Å². The van der Waals surface area contributed by atoms with Gasteiger partial charge in [-0.1, -0.05) is 19.1 Å². The molecular weight excluding hydrogens is 879 g/mol. The van der Waals surface area contributed by atoms with Gasteiger partial charge >= 0.3 is 0 Å². The molecule has 20 nitrogen and oxygen atoms in total. The topological polar surface area (TPSA) is 255 Å². The molecule has 10 atom stereocenters. The van der Waals surface area contributed by atoms with Gasteiger partial charge in [0.1, 0.15) is 36.1 Å². The summed E-state index contributed by atoms with van der Waals surface area (Å²) in [7, 11) is 2.92. The molecule has 2 aromatic rings. The highest BCUT2D eigenvalue weighted by molar-refractivity contribution is 6.31. The highest BCUT2D eigenvalue weighted by Gasteiger charge is 2.55. The van der Waals surface area contributed by atoms with E-state index in [4.69, 9.17) is 37.9 Å². The first-order chi connectivity index (χ1) is 32.2. The van der Waals surface area contributed by atoms with Crippen LogP contribution in [-0.4, -0.2) is 169 Å². The zero-order valence-corrected chi connectivity index (χ0v) is 37.7. The third-order valence-corrected chi connectivity index (χ3v) is 14.2. The number of nitrogens with one attached hydrogen (secondary N) is 1. The number of benzene rings is 2. The van der Waals surface area contributed by atoms with Gasteiger partial charge in [0.25, 0.3) is 0 Å². The summed E-state index contributed by atoms with van der Waals surface area (Å²) < 4.78 is 47.7. The van der Waals surface area contributed by atoms with Gasteiger partial charge in [-0.25, -0.2) is 0 Å². The van der Waals surface area contributed by atoms with Gasteiger partial charge < -0.3 is 58.5 Å². The number of carbonyl (C=O) groups excluding carboxylic acids is 6. The van der Waals surface area contributed by atoms with Crippen molar-refractivity contribution in [1.82, 2.24) is 15.1 Å². The molecule has 4 saturated heterocycles. The van der Waals surface area contributed by atoms with Crippen LogP contribution in [0.5, 0.6) is 17.2 Å². The first-order valence-electron chi connectivity index (χ1n) is 23.0. The van der Waals surface area contributed by atoms with E-state index in [1.165, 1.54) is 25.3 Å². The van der Waals surface area contributed by atoms with E-state index in [0.29, 0.717) is 45.3 Å². The Balaban J connectivity index is 0.909.